The molecular weight excluding hydrogens is 202 g/mol. The van der Waals surface area contributed by atoms with Crippen molar-refractivity contribution >= 4 is 11.8 Å². The van der Waals surface area contributed by atoms with Gasteiger partial charge < -0.3 is 5.32 Å². The zero-order chi connectivity index (χ0) is 11.1. The molecule has 1 aromatic carbocycles. The van der Waals surface area contributed by atoms with Gasteiger partial charge in [-0.05, 0) is 37.9 Å². The van der Waals surface area contributed by atoms with Crippen LogP contribution in [0.1, 0.15) is 24.9 Å². The van der Waals surface area contributed by atoms with E-state index < -0.39 is 0 Å². The van der Waals surface area contributed by atoms with E-state index >= 15 is 0 Å². The van der Waals surface area contributed by atoms with Gasteiger partial charge in [-0.3, -0.25) is 0 Å². The summed E-state index contributed by atoms with van der Waals surface area (Å²) < 4.78 is 0. The zero-order valence-corrected chi connectivity index (χ0v) is 10.3. The highest BCUT2D eigenvalue weighted by Gasteiger charge is 2.06. The summed E-state index contributed by atoms with van der Waals surface area (Å²) in [6.07, 6.45) is 2.96. The van der Waals surface area contributed by atoms with Crippen LogP contribution >= 0.6 is 11.8 Å². The maximum atomic E-state index is 3.28. The van der Waals surface area contributed by atoms with Crippen molar-refractivity contribution in [3.63, 3.8) is 0 Å². The summed E-state index contributed by atoms with van der Waals surface area (Å²) in [4.78, 5) is 1.30. The van der Waals surface area contributed by atoms with Crippen molar-refractivity contribution in [3.05, 3.63) is 29.8 Å². The monoisotopic (exact) mass is 219 g/mol. The van der Waals surface area contributed by atoms with E-state index in [4.69, 9.17) is 0 Å². The summed E-state index contributed by atoms with van der Waals surface area (Å²) in [5.41, 5.74) is 1.30. The molecule has 1 aromatic rings. The lowest BCUT2D eigenvalue weighted by molar-refractivity contribution is 0.611. The van der Waals surface area contributed by atoms with Crippen LogP contribution in [-0.4, -0.2) is 13.3 Å². The third-order valence-electron chi connectivity index (χ3n) is 2.35. The number of rotatable bonds is 4. The van der Waals surface area contributed by atoms with Crippen molar-refractivity contribution < 1.29 is 0 Å². The largest absolute Gasteiger partial charge is 0.312 e. The van der Waals surface area contributed by atoms with Crippen LogP contribution in [0.25, 0.3) is 0 Å². The Morgan fingerprint density at radius 2 is 2.00 bits per heavy atom. The highest BCUT2D eigenvalue weighted by molar-refractivity contribution is 7.98. The summed E-state index contributed by atoms with van der Waals surface area (Å²) in [7, 11) is 1.98. The molecular formula is C13H17NS. The maximum absolute atomic E-state index is 3.28. The van der Waals surface area contributed by atoms with Crippen LogP contribution in [0.15, 0.2) is 29.2 Å². The highest BCUT2D eigenvalue weighted by atomic mass is 32.2. The van der Waals surface area contributed by atoms with Gasteiger partial charge in [0.25, 0.3) is 0 Å². The summed E-state index contributed by atoms with van der Waals surface area (Å²) in [5, 5.41) is 3.28. The Bertz CT molecular complexity index is 345. The standard InChI is InChI=1S/C13H17NS/c1-4-5-6-13(14-2)11-7-9-12(15-3)10-8-11/h7-10,13-14H,6H2,1-3H3. The SMILES string of the molecule is CC#CCC(NC)c1ccc(SC)cc1. The Balaban J connectivity index is 2.76. The zero-order valence-electron chi connectivity index (χ0n) is 9.50. The van der Waals surface area contributed by atoms with Crippen LogP contribution in [0.4, 0.5) is 0 Å². The normalized spacial score (nSPS) is 11.7. The topological polar surface area (TPSA) is 12.0 Å². The molecule has 0 aliphatic rings. The molecule has 1 nitrogen and oxygen atoms in total. The van der Waals surface area contributed by atoms with Gasteiger partial charge in [0.1, 0.15) is 0 Å². The van der Waals surface area contributed by atoms with Crippen molar-refractivity contribution in [3.8, 4) is 11.8 Å². The van der Waals surface area contributed by atoms with Crippen molar-refractivity contribution in [2.75, 3.05) is 13.3 Å². The third kappa shape index (κ3) is 3.62. The summed E-state index contributed by atoms with van der Waals surface area (Å²) in [6.45, 7) is 1.88. The van der Waals surface area contributed by atoms with Crippen molar-refractivity contribution in [2.45, 2.75) is 24.3 Å². The van der Waals surface area contributed by atoms with Crippen LogP contribution < -0.4 is 5.32 Å². The second-order valence-corrected chi connectivity index (χ2v) is 4.12. The number of hydrogen-bond donors (Lipinski definition) is 1. The molecule has 1 rings (SSSR count). The summed E-state index contributed by atoms with van der Waals surface area (Å²) >= 11 is 1.77. The van der Waals surface area contributed by atoms with E-state index in [1.807, 2.05) is 14.0 Å². The predicted octanol–water partition coefficient (Wildman–Crippen LogP) is 3.08. The molecule has 2 heteroatoms. The van der Waals surface area contributed by atoms with E-state index in [0.29, 0.717) is 6.04 Å². The van der Waals surface area contributed by atoms with Crippen LogP contribution in [0.3, 0.4) is 0 Å². The average molecular weight is 219 g/mol. The molecule has 0 saturated heterocycles. The van der Waals surface area contributed by atoms with Gasteiger partial charge in [-0.2, -0.15) is 0 Å². The molecule has 80 valence electrons. The summed E-state index contributed by atoms with van der Waals surface area (Å²) in [5.74, 6) is 6.04. The van der Waals surface area contributed by atoms with Gasteiger partial charge in [0, 0.05) is 17.4 Å². The number of benzene rings is 1. The third-order valence-corrected chi connectivity index (χ3v) is 3.09. The molecule has 1 unspecified atom stereocenters. The van der Waals surface area contributed by atoms with Crippen molar-refractivity contribution in [1.82, 2.24) is 5.32 Å². The first-order valence-electron chi connectivity index (χ1n) is 5.02. The van der Waals surface area contributed by atoms with Gasteiger partial charge in [0.15, 0.2) is 0 Å². The molecule has 0 aromatic heterocycles. The van der Waals surface area contributed by atoms with Crippen LogP contribution in [-0.2, 0) is 0 Å². The lowest BCUT2D eigenvalue weighted by Gasteiger charge is -2.13. The van der Waals surface area contributed by atoms with Crippen LogP contribution in [0.2, 0.25) is 0 Å². The van der Waals surface area contributed by atoms with E-state index in [1.165, 1.54) is 10.5 Å². The fourth-order valence-corrected chi connectivity index (χ4v) is 1.84. The first-order valence-corrected chi connectivity index (χ1v) is 6.25. The minimum Gasteiger partial charge on any atom is -0.312 e. The Kier molecular flexibility index (Phi) is 5.31. The molecule has 0 radical (unpaired) electrons. The molecule has 0 heterocycles. The fraction of sp³-hybridized carbons (Fsp3) is 0.385. The smallest absolute Gasteiger partial charge is 0.0428 e. The molecule has 0 aliphatic carbocycles. The molecule has 0 bridgehead atoms. The first-order chi connectivity index (χ1) is 7.31. The Hall–Kier alpha value is -0.910. The average Bonchev–Trinajstić information content (AvgIpc) is 2.31. The highest BCUT2D eigenvalue weighted by Crippen LogP contribution is 2.20. The van der Waals surface area contributed by atoms with E-state index in [-0.39, 0.29) is 0 Å². The van der Waals surface area contributed by atoms with E-state index in [9.17, 15) is 0 Å². The second kappa shape index (κ2) is 6.55. The van der Waals surface area contributed by atoms with Gasteiger partial charge in [-0.25, -0.2) is 0 Å². The summed E-state index contributed by atoms with van der Waals surface area (Å²) in [6, 6.07) is 9.00. The molecule has 1 atom stereocenters. The van der Waals surface area contributed by atoms with Gasteiger partial charge in [0.2, 0.25) is 0 Å². The molecule has 0 fully saturated rings. The number of nitrogens with one attached hydrogen (secondary N) is 1. The van der Waals surface area contributed by atoms with E-state index in [1.54, 1.807) is 11.8 Å². The van der Waals surface area contributed by atoms with Gasteiger partial charge in [-0.15, -0.1) is 23.6 Å². The molecule has 1 N–H and O–H groups in total. The number of hydrogen-bond acceptors (Lipinski definition) is 2. The lowest BCUT2D eigenvalue weighted by Crippen LogP contribution is -2.15. The molecule has 0 amide bonds. The van der Waals surface area contributed by atoms with Gasteiger partial charge in [0.05, 0.1) is 0 Å². The Morgan fingerprint density at radius 3 is 2.47 bits per heavy atom. The maximum Gasteiger partial charge on any atom is 0.0428 e. The number of thioether (sulfide) groups is 1. The molecule has 0 spiro atoms. The predicted molar refractivity (Wildman–Crippen MR) is 68.1 cm³/mol. The van der Waals surface area contributed by atoms with Gasteiger partial charge in [-0.1, -0.05) is 12.1 Å². The molecule has 0 aliphatic heterocycles. The minimum atomic E-state index is 0.341. The quantitative estimate of drug-likeness (QED) is 0.617. The van der Waals surface area contributed by atoms with Crippen molar-refractivity contribution in [1.29, 1.82) is 0 Å². The van der Waals surface area contributed by atoms with E-state index in [0.717, 1.165) is 6.42 Å². The Morgan fingerprint density at radius 1 is 1.33 bits per heavy atom. The van der Waals surface area contributed by atoms with Crippen LogP contribution in [0.5, 0.6) is 0 Å². The van der Waals surface area contributed by atoms with Crippen molar-refractivity contribution in [2.24, 2.45) is 0 Å². The minimum absolute atomic E-state index is 0.341. The van der Waals surface area contributed by atoms with Gasteiger partial charge >= 0.3 is 0 Å². The Labute approximate surface area is 96.7 Å². The molecule has 0 saturated carbocycles. The first kappa shape index (κ1) is 12.2. The lowest BCUT2D eigenvalue weighted by atomic mass is 10.0. The molecule has 15 heavy (non-hydrogen) atoms. The fourth-order valence-electron chi connectivity index (χ4n) is 1.43. The second-order valence-electron chi connectivity index (χ2n) is 3.25. The van der Waals surface area contributed by atoms with Crippen LogP contribution in [0, 0.1) is 11.8 Å². The van der Waals surface area contributed by atoms with E-state index in [2.05, 4.69) is 47.7 Å².